The molecule has 1 heterocycles. The standard InChI is InChI=1S/C15H20BrN3OS/c1-15(2,19-5-7-21(20)8-6-19)11-18-14-4-3-13(16)9-12(14)10-17/h3-4,9,18H,5-8,11H2,1-2H3. The average molecular weight is 370 g/mol. The highest BCUT2D eigenvalue weighted by molar-refractivity contribution is 9.10. The summed E-state index contributed by atoms with van der Waals surface area (Å²) in [6.07, 6.45) is 0. The minimum atomic E-state index is -0.654. The Hall–Kier alpha value is -0.900. The van der Waals surface area contributed by atoms with Crippen molar-refractivity contribution < 1.29 is 4.21 Å². The third-order valence-electron chi connectivity index (χ3n) is 3.85. The predicted octanol–water partition coefficient (Wildman–Crippen LogP) is 2.58. The molecule has 1 saturated heterocycles. The molecule has 2 rings (SSSR count). The molecular weight excluding hydrogens is 350 g/mol. The third-order valence-corrected chi connectivity index (χ3v) is 5.62. The van der Waals surface area contributed by atoms with Gasteiger partial charge in [-0.2, -0.15) is 5.26 Å². The molecule has 0 amide bonds. The van der Waals surface area contributed by atoms with E-state index in [0.717, 1.165) is 41.3 Å². The van der Waals surface area contributed by atoms with E-state index in [1.807, 2.05) is 18.2 Å². The maximum absolute atomic E-state index is 11.5. The molecule has 4 nitrogen and oxygen atoms in total. The summed E-state index contributed by atoms with van der Waals surface area (Å²) in [6.45, 7) is 6.84. The van der Waals surface area contributed by atoms with Crippen LogP contribution in [0.1, 0.15) is 19.4 Å². The molecule has 21 heavy (non-hydrogen) atoms. The zero-order chi connectivity index (χ0) is 15.5. The number of nitrogens with zero attached hydrogens (tertiary/aromatic N) is 2. The van der Waals surface area contributed by atoms with Gasteiger partial charge < -0.3 is 5.32 Å². The van der Waals surface area contributed by atoms with Gasteiger partial charge in [-0.1, -0.05) is 15.9 Å². The Morgan fingerprint density at radius 3 is 2.71 bits per heavy atom. The molecule has 1 aromatic rings. The van der Waals surface area contributed by atoms with Crippen LogP contribution in [-0.2, 0) is 10.8 Å². The summed E-state index contributed by atoms with van der Waals surface area (Å²) < 4.78 is 12.4. The van der Waals surface area contributed by atoms with Crippen LogP contribution in [0.5, 0.6) is 0 Å². The average Bonchev–Trinajstić information content (AvgIpc) is 2.46. The van der Waals surface area contributed by atoms with Gasteiger partial charge in [-0.3, -0.25) is 9.11 Å². The Bertz CT molecular complexity index is 573. The minimum Gasteiger partial charge on any atom is -0.382 e. The van der Waals surface area contributed by atoms with E-state index in [4.69, 9.17) is 0 Å². The lowest BCUT2D eigenvalue weighted by Gasteiger charge is -2.41. The quantitative estimate of drug-likeness (QED) is 0.885. The summed E-state index contributed by atoms with van der Waals surface area (Å²) in [7, 11) is -0.654. The molecule has 0 aliphatic carbocycles. The van der Waals surface area contributed by atoms with Gasteiger partial charge >= 0.3 is 0 Å². The minimum absolute atomic E-state index is 0.0373. The highest BCUT2D eigenvalue weighted by Gasteiger charge is 2.29. The summed E-state index contributed by atoms with van der Waals surface area (Å²) in [5.74, 6) is 1.51. The number of benzene rings is 1. The molecule has 1 aromatic carbocycles. The molecule has 1 N–H and O–H groups in total. The Kier molecular flexibility index (Phi) is 5.42. The summed E-state index contributed by atoms with van der Waals surface area (Å²) in [5, 5.41) is 12.6. The molecule has 0 unspecified atom stereocenters. The molecule has 0 spiro atoms. The van der Waals surface area contributed by atoms with Crippen molar-refractivity contribution in [2.24, 2.45) is 0 Å². The van der Waals surface area contributed by atoms with Gasteiger partial charge in [-0.05, 0) is 32.0 Å². The van der Waals surface area contributed by atoms with Crippen LogP contribution in [0.4, 0.5) is 5.69 Å². The van der Waals surface area contributed by atoms with Crippen molar-refractivity contribution in [1.29, 1.82) is 5.26 Å². The lowest BCUT2D eigenvalue weighted by molar-refractivity contribution is 0.145. The van der Waals surface area contributed by atoms with Crippen molar-refractivity contribution in [3.63, 3.8) is 0 Å². The van der Waals surface area contributed by atoms with Crippen molar-refractivity contribution in [3.8, 4) is 6.07 Å². The van der Waals surface area contributed by atoms with Crippen LogP contribution < -0.4 is 5.32 Å². The number of nitrogens with one attached hydrogen (secondary N) is 1. The number of halogens is 1. The van der Waals surface area contributed by atoms with Gasteiger partial charge in [-0.15, -0.1) is 0 Å². The lowest BCUT2D eigenvalue weighted by Crippen LogP contribution is -2.53. The number of rotatable bonds is 4. The monoisotopic (exact) mass is 369 g/mol. The molecular formula is C15H20BrN3OS. The van der Waals surface area contributed by atoms with E-state index in [1.165, 1.54) is 0 Å². The van der Waals surface area contributed by atoms with E-state index in [-0.39, 0.29) is 5.54 Å². The van der Waals surface area contributed by atoms with E-state index in [2.05, 4.69) is 46.1 Å². The molecule has 1 aliphatic rings. The van der Waals surface area contributed by atoms with Gasteiger partial charge in [0.25, 0.3) is 0 Å². The van der Waals surface area contributed by atoms with Crippen LogP contribution in [0.3, 0.4) is 0 Å². The van der Waals surface area contributed by atoms with Crippen LogP contribution >= 0.6 is 15.9 Å². The van der Waals surface area contributed by atoms with Gasteiger partial charge in [-0.25, -0.2) is 0 Å². The van der Waals surface area contributed by atoms with Crippen LogP contribution in [0.15, 0.2) is 22.7 Å². The molecule has 0 radical (unpaired) electrons. The zero-order valence-electron chi connectivity index (χ0n) is 12.4. The summed E-state index contributed by atoms with van der Waals surface area (Å²) in [6, 6.07) is 7.88. The first-order valence-corrected chi connectivity index (χ1v) is 9.24. The van der Waals surface area contributed by atoms with Crippen molar-refractivity contribution in [2.45, 2.75) is 19.4 Å². The van der Waals surface area contributed by atoms with Gasteiger partial charge in [0, 0.05) is 52.0 Å². The largest absolute Gasteiger partial charge is 0.382 e. The Morgan fingerprint density at radius 2 is 2.10 bits per heavy atom. The molecule has 0 aromatic heterocycles. The molecule has 114 valence electrons. The van der Waals surface area contributed by atoms with Crippen LogP contribution in [0.2, 0.25) is 0 Å². The number of anilines is 1. The maximum atomic E-state index is 11.5. The number of nitriles is 1. The highest BCUT2D eigenvalue weighted by Crippen LogP contribution is 2.23. The van der Waals surface area contributed by atoms with E-state index in [9.17, 15) is 9.47 Å². The molecule has 1 aliphatic heterocycles. The second kappa shape index (κ2) is 6.91. The van der Waals surface area contributed by atoms with E-state index in [1.54, 1.807) is 0 Å². The number of hydrogen-bond acceptors (Lipinski definition) is 4. The lowest BCUT2D eigenvalue weighted by atomic mass is 10.0. The zero-order valence-corrected chi connectivity index (χ0v) is 14.8. The first kappa shape index (κ1) is 16.5. The third kappa shape index (κ3) is 4.29. The predicted molar refractivity (Wildman–Crippen MR) is 90.9 cm³/mol. The Balaban J connectivity index is 2.01. The molecule has 0 atom stereocenters. The summed E-state index contributed by atoms with van der Waals surface area (Å²) >= 11 is 3.38. The molecule has 0 bridgehead atoms. The van der Waals surface area contributed by atoms with Crippen molar-refractivity contribution in [1.82, 2.24) is 4.90 Å². The second-order valence-electron chi connectivity index (χ2n) is 5.80. The molecule has 1 fully saturated rings. The van der Waals surface area contributed by atoms with Crippen LogP contribution in [-0.4, -0.2) is 45.8 Å². The van der Waals surface area contributed by atoms with Crippen molar-refractivity contribution in [2.75, 3.05) is 36.5 Å². The first-order chi connectivity index (χ1) is 9.92. The fourth-order valence-electron chi connectivity index (χ4n) is 2.43. The topological polar surface area (TPSA) is 56.1 Å². The van der Waals surface area contributed by atoms with Crippen LogP contribution in [0, 0.1) is 11.3 Å². The summed E-state index contributed by atoms with van der Waals surface area (Å²) in [5.41, 5.74) is 1.46. The fraction of sp³-hybridized carbons (Fsp3) is 0.533. The van der Waals surface area contributed by atoms with Crippen LogP contribution in [0.25, 0.3) is 0 Å². The van der Waals surface area contributed by atoms with Gasteiger partial charge in [0.2, 0.25) is 0 Å². The van der Waals surface area contributed by atoms with Gasteiger partial charge in [0.15, 0.2) is 0 Å². The Labute approximate surface area is 137 Å². The van der Waals surface area contributed by atoms with Gasteiger partial charge in [0.1, 0.15) is 6.07 Å². The molecule has 0 saturated carbocycles. The fourth-order valence-corrected chi connectivity index (χ4v) is 3.84. The highest BCUT2D eigenvalue weighted by atomic mass is 79.9. The maximum Gasteiger partial charge on any atom is 0.101 e. The van der Waals surface area contributed by atoms with Crippen molar-refractivity contribution >= 4 is 32.4 Å². The number of hydrogen-bond donors (Lipinski definition) is 1. The SMILES string of the molecule is CC(C)(CNc1ccc(Br)cc1C#N)N1CCS(=O)CC1. The van der Waals surface area contributed by atoms with E-state index < -0.39 is 10.8 Å². The second-order valence-corrected chi connectivity index (χ2v) is 8.41. The summed E-state index contributed by atoms with van der Waals surface area (Å²) in [4.78, 5) is 2.37. The van der Waals surface area contributed by atoms with E-state index in [0.29, 0.717) is 5.56 Å². The Morgan fingerprint density at radius 1 is 1.43 bits per heavy atom. The van der Waals surface area contributed by atoms with E-state index >= 15 is 0 Å². The first-order valence-electron chi connectivity index (χ1n) is 6.96. The van der Waals surface area contributed by atoms with Crippen molar-refractivity contribution in [3.05, 3.63) is 28.2 Å². The normalized spacial score (nSPS) is 17.4. The van der Waals surface area contributed by atoms with Gasteiger partial charge in [0.05, 0.1) is 11.3 Å². The smallest absolute Gasteiger partial charge is 0.101 e. The molecule has 6 heteroatoms.